The van der Waals surface area contributed by atoms with Gasteiger partial charge in [-0.05, 0) is 146 Å². The number of carboxylic acids is 2. The third-order valence-corrected chi connectivity index (χ3v) is 12.0. The monoisotopic (exact) mass is 902 g/mol. The van der Waals surface area contributed by atoms with E-state index in [1.807, 2.05) is 12.1 Å². The fraction of sp³-hybridized carbons (Fsp3) is 0.429. The highest BCUT2D eigenvalue weighted by molar-refractivity contribution is 5.94. The molecule has 4 N–H and O–H groups in total. The van der Waals surface area contributed by atoms with Gasteiger partial charge in [-0.3, -0.25) is 0 Å². The number of hydrogen-bond donors (Lipinski definition) is 4. The highest BCUT2D eigenvalue weighted by Gasteiger charge is 2.36. The van der Waals surface area contributed by atoms with Crippen LogP contribution < -0.4 is 20.1 Å². The fourth-order valence-corrected chi connectivity index (χ4v) is 10.1. The van der Waals surface area contributed by atoms with E-state index < -0.39 is 25.2 Å². The molecular weight excluding hydrogens is 845 g/mol. The maximum absolute atomic E-state index is 12.4. The van der Waals surface area contributed by atoms with Crippen molar-refractivity contribution in [2.24, 2.45) is 22.7 Å². The molecule has 2 aliphatic carbocycles. The summed E-state index contributed by atoms with van der Waals surface area (Å²) in [5, 5.41) is 25.3. The Morgan fingerprint density at radius 1 is 0.615 bits per heavy atom. The number of halogens is 4. The van der Waals surface area contributed by atoms with Gasteiger partial charge in [0.05, 0.1) is 33.2 Å². The molecule has 2 aromatic heterocycles. The van der Waals surface area contributed by atoms with Gasteiger partial charge in [-0.2, -0.15) is 17.6 Å². The topological polar surface area (TPSA) is 153 Å². The van der Waals surface area contributed by atoms with Crippen LogP contribution in [-0.2, 0) is 0 Å². The normalized spacial score (nSPS) is 20.1. The molecule has 0 unspecified atom stereocenters. The van der Waals surface area contributed by atoms with Gasteiger partial charge in [0.1, 0.15) is 11.5 Å². The van der Waals surface area contributed by atoms with E-state index in [2.05, 4.69) is 70.8 Å². The Balaban J connectivity index is 0.000000212. The molecule has 6 aromatic rings. The van der Waals surface area contributed by atoms with Crippen molar-refractivity contribution in [3.05, 3.63) is 96.1 Å². The zero-order valence-corrected chi connectivity index (χ0v) is 36.6. The molecular formula is C49H58F4N6O6. The minimum absolute atomic E-state index is 0. The van der Waals surface area contributed by atoms with Crippen LogP contribution in [0.2, 0.25) is 0 Å². The van der Waals surface area contributed by atoms with Gasteiger partial charge < -0.3 is 39.5 Å². The number of hydrogen-bond acceptors (Lipinski definition) is 8. The molecule has 2 saturated carbocycles. The van der Waals surface area contributed by atoms with Crippen LogP contribution in [0.5, 0.6) is 11.5 Å². The summed E-state index contributed by atoms with van der Waals surface area (Å²) >= 11 is 0. The number of aromatic carboxylic acids is 2. The summed E-state index contributed by atoms with van der Waals surface area (Å²) in [5.74, 6) is 0.424. The average Bonchev–Trinajstić information content (AvgIpc) is 3.74. The molecule has 0 aliphatic heterocycles. The Labute approximate surface area is 376 Å². The van der Waals surface area contributed by atoms with E-state index in [9.17, 15) is 37.4 Å². The minimum Gasteiger partial charge on any atom is -0.478 e. The summed E-state index contributed by atoms with van der Waals surface area (Å²) in [4.78, 5) is 32.3. The molecule has 4 aromatic carbocycles. The van der Waals surface area contributed by atoms with E-state index in [1.54, 1.807) is 48.5 Å². The second kappa shape index (κ2) is 19.4. The Bertz CT molecular complexity index is 2430. The zero-order valence-electron chi connectivity index (χ0n) is 36.6. The smallest absolute Gasteiger partial charge is 0.387 e. The van der Waals surface area contributed by atoms with Crippen LogP contribution in [0, 0.1) is 22.7 Å². The van der Waals surface area contributed by atoms with Crippen molar-refractivity contribution < 1.29 is 46.8 Å². The first-order valence-corrected chi connectivity index (χ1v) is 21.4. The van der Waals surface area contributed by atoms with Gasteiger partial charge in [0.15, 0.2) is 0 Å². The SMILES string of the molecule is C.C[C@@H]1C[C@H](n2c(Nc3ccc(OC(F)F)cc3)nc3cc(C(=O)O)ccc32)CC(C)(C)C1.C[C@H]1C[C@@H](n2c(Nc3ccc(OC(F)F)cc3)nc3cc(C(=O)O)ccc32)CC(C)(C)C1. The Morgan fingerprint density at radius 3 is 1.28 bits per heavy atom. The lowest BCUT2D eigenvalue weighted by Gasteiger charge is -2.40. The van der Waals surface area contributed by atoms with Crippen molar-refractivity contribution >= 4 is 57.3 Å². The summed E-state index contributed by atoms with van der Waals surface area (Å²) in [7, 11) is 0. The summed E-state index contributed by atoms with van der Waals surface area (Å²) in [6, 6.07) is 22.8. The predicted molar refractivity (Wildman–Crippen MR) is 244 cm³/mol. The third-order valence-electron chi connectivity index (χ3n) is 12.0. The first kappa shape index (κ1) is 48.1. The third kappa shape index (κ3) is 11.7. The van der Waals surface area contributed by atoms with Gasteiger partial charge in [0.2, 0.25) is 11.9 Å². The number of aromatic nitrogens is 4. The fourth-order valence-electron chi connectivity index (χ4n) is 10.1. The van der Waals surface area contributed by atoms with Crippen LogP contribution in [0.25, 0.3) is 22.1 Å². The molecule has 0 spiro atoms. The number of carbonyl (C=O) groups is 2. The van der Waals surface area contributed by atoms with Gasteiger partial charge in [-0.1, -0.05) is 49.0 Å². The molecule has 2 heterocycles. The number of ether oxygens (including phenoxy) is 2. The lowest BCUT2D eigenvalue weighted by Crippen LogP contribution is -2.29. The molecule has 65 heavy (non-hydrogen) atoms. The number of anilines is 4. The van der Waals surface area contributed by atoms with Gasteiger partial charge in [0, 0.05) is 23.5 Å². The number of imidazole rings is 2. The van der Waals surface area contributed by atoms with E-state index in [4.69, 9.17) is 9.97 Å². The number of benzene rings is 4. The van der Waals surface area contributed by atoms with Crippen molar-refractivity contribution in [3.63, 3.8) is 0 Å². The van der Waals surface area contributed by atoms with Crippen molar-refractivity contribution in [3.8, 4) is 11.5 Å². The minimum atomic E-state index is -2.88. The molecule has 2 fully saturated rings. The molecule has 8 rings (SSSR count). The van der Waals surface area contributed by atoms with Gasteiger partial charge in [-0.25, -0.2) is 19.6 Å². The molecule has 0 bridgehead atoms. The maximum atomic E-state index is 12.4. The molecule has 12 nitrogen and oxygen atoms in total. The second-order valence-corrected chi connectivity index (χ2v) is 18.8. The standard InChI is InChI=1S/2C24H27F2N3O3.CH4/c2*1-14-10-17(13-24(2,3)12-14)29-20-9-4-15(21(30)31)11-19(20)28-23(29)27-16-5-7-18(8-6-16)32-22(25)26;/h2*4-9,11,14,17,22H,10,12-13H2,1-3H3,(H,27,28)(H,30,31);1H4/t2*14-,17+;/m10./s1. The van der Waals surface area contributed by atoms with Crippen LogP contribution in [0.1, 0.15) is 120 Å². The molecule has 348 valence electrons. The summed E-state index contributed by atoms with van der Waals surface area (Å²) in [6.45, 7) is 7.84. The second-order valence-electron chi connectivity index (χ2n) is 18.8. The number of nitrogens with one attached hydrogen (secondary N) is 2. The highest BCUT2D eigenvalue weighted by Crippen LogP contribution is 2.47. The molecule has 2 aliphatic rings. The molecule has 4 atom stereocenters. The molecule has 0 amide bonds. The lowest BCUT2D eigenvalue weighted by atomic mass is 9.70. The van der Waals surface area contributed by atoms with Gasteiger partial charge in [-0.15, -0.1) is 0 Å². The van der Waals surface area contributed by atoms with Crippen molar-refractivity contribution in [2.75, 3.05) is 10.6 Å². The van der Waals surface area contributed by atoms with E-state index in [-0.39, 0.29) is 53.0 Å². The summed E-state index contributed by atoms with van der Waals surface area (Å²) in [6.07, 6.45) is 6.22. The molecule has 0 radical (unpaired) electrons. The van der Waals surface area contributed by atoms with Crippen LogP contribution in [0.15, 0.2) is 84.9 Å². The van der Waals surface area contributed by atoms with E-state index in [1.165, 1.54) is 24.3 Å². The number of rotatable bonds is 12. The first-order chi connectivity index (χ1) is 30.2. The van der Waals surface area contributed by atoms with Gasteiger partial charge in [0.25, 0.3) is 0 Å². The number of nitrogens with zero attached hydrogens (tertiary/aromatic N) is 4. The van der Waals surface area contributed by atoms with Crippen LogP contribution in [0.4, 0.5) is 40.8 Å². The lowest BCUT2D eigenvalue weighted by molar-refractivity contribution is -0.0505. The molecule has 16 heteroatoms. The molecule has 0 saturated heterocycles. The Kier molecular flexibility index (Phi) is 14.4. The van der Waals surface area contributed by atoms with Gasteiger partial charge >= 0.3 is 25.2 Å². The maximum Gasteiger partial charge on any atom is 0.387 e. The van der Waals surface area contributed by atoms with E-state index in [0.717, 1.165) is 49.6 Å². The van der Waals surface area contributed by atoms with Crippen LogP contribution >= 0.6 is 0 Å². The number of alkyl halides is 4. The summed E-state index contributed by atoms with van der Waals surface area (Å²) in [5.41, 5.74) is 4.97. The largest absolute Gasteiger partial charge is 0.478 e. The first-order valence-electron chi connectivity index (χ1n) is 21.4. The number of fused-ring (bicyclic) bond motifs is 2. The van der Waals surface area contributed by atoms with Crippen LogP contribution in [0.3, 0.4) is 0 Å². The zero-order chi connectivity index (χ0) is 46.1. The van der Waals surface area contributed by atoms with Crippen molar-refractivity contribution in [1.29, 1.82) is 0 Å². The number of carboxylic acid groups (broad SMARTS) is 2. The Morgan fingerprint density at radius 2 is 0.969 bits per heavy atom. The van der Waals surface area contributed by atoms with Crippen LogP contribution in [-0.4, -0.2) is 54.5 Å². The summed E-state index contributed by atoms with van der Waals surface area (Å²) < 4.78 is 62.9. The van der Waals surface area contributed by atoms with E-state index in [0.29, 0.717) is 46.1 Å². The highest BCUT2D eigenvalue weighted by atomic mass is 19.3. The van der Waals surface area contributed by atoms with E-state index >= 15 is 0 Å². The predicted octanol–water partition coefficient (Wildman–Crippen LogP) is 13.6. The van der Waals surface area contributed by atoms with Crippen molar-refractivity contribution in [2.45, 2.75) is 113 Å². The quantitative estimate of drug-likeness (QED) is 0.0873. The average molecular weight is 903 g/mol. The Hall–Kier alpha value is -6.32. The van der Waals surface area contributed by atoms with Crippen molar-refractivity contribution in [1.82, 2.24) is 19.1 Å².